The minimum atomic E-state index is -0.0818. The Bertz CT molecular complexity index is 1120. The second-order valence-electron chi connectivity index (χ2n) is 7.76. The highest BCUT2D eigenvalue weighted by Crippen LogP contribution is 2.36. The van der Waals surface area contributed by atoms with E-state index in [1.807, 2.05) is 72.4 Å². The molecule has 3 aromatic rings. The number of carbonyl (C=O) groups excluding carboxylic acids is 1. The molecule has 4 rings (SSSR count). The number of hydrogen-bond acceptors (Lipinski definition) is 5. The van der Waals surface area contributed by atoms with Gasteiger partial charge >= 0.3 is 0 Å². The molecule has 0 radical (unpaired) electrons. The van der Waals surface area contributed by atoms with Crippen molar-refractivity contribution in [2.45, 2.75) is 17.9 Å². The van der Waals surface area contributed by atoms with E-state index in [-0.39, 0.29) is 5.91 Å². The van der Waals surface area contributed by atoms with Crippen LogP contribution in [0.15, 0.2) is 65.6 Å². The molecule has 1 aliphatic rings. The van der Waals surface area contributed by atoms with Crippen LogP contribution in [-0.2, 0) is 13.0 Å². The quantitative estimate of drug-likeness (QED) is 0.463. The summed E-state index contributed by atoms with van der Waals surface area (Å²) in [7, 11) is 3.28. The van der Waals surface area contributed by atoms with Crippen molar-refractivity contribution in [2.75, 3.05) is 38.0 Å². The highest BCUT2D eigenvalue weighted by Gasteiger charge is 2.20. The van der Waals surface area contributed by atoms with Crippen LogP contribution in [-0.4, -0.2) is 39.0 Å². The first-order chi connectivity index (χ1) is 16.1. The summed E-state index contributed by atoms with van der Waals surface area (Å²) in [5, 5.41) is 3.77. The summed E-state index contributed by atoms with van der Waals surface area (Å²) in [6.07, 6.45) is 0.648. The Morgan fingerprint density at radius 1 is 1.06 bits per heavy atom. The van der Waals surface area contributed by atoms with Gasteiger partial charge in [0.1, 0.15) is 11.5 Å². The van der Waals surface area contributed by atoms with Gasteiger partial charge in [-0.1, -0.05) is 23.7 Å². The van der Waals surface area contributed by atoms with Crippen LogP contribution >= 0.6 is 23.4 Å². The lowest BCUT2D eigenvalue weighted by Gasteiger charge is -2.31. The summed E-state index contributed by atoms with van der Waals surface area (Å²) in [5.74, 6) is 2.49. The molecule has 0 spiro atoms. The minimum Gasteiger partial charge on any atom is -0.497 e. The van der Waals surface area contributed by atoms with Gasteiger partial charge in [0.2, 0.25) is 0 Å². The maximum absolute atomic E-state index is 12.9. The van der Waals surface area contributed by atoms with Crippen molar-refractivity contribution in [1.29, 1.82) is 0 Å². The lowest BCUT2D eigenvalue weighted by Crippen LogP contribution is -2.30. The third kappa shape index (κ3) is 5.75. The Hall–Kier alpha value is -2.83. The van der Waals surface area contributed by atoms with E-state index in [0.717, 1.165) is 46.6 Å². The van der Waals surface area contributed by atoms with Crippen LogP contribution in [0.4, 0.5) is 5.69 Å². The van der Waals surface area contributed by atoms with E-state index in [9.17, 15) is 4.79 Å². The third-order valence-electron chi connectivity index (χ3n) is 5.63. The Balaban J connectivity index is 1.43. The van der Waals surface area contributed by atoms with Gasteiger partial charge in [0.15, 0.2) is 0 Å². The van der Waals surface area contributed by atoms with Gasteiger partial charge in [0.25, 0.3) is 5.91 Å². The molecule has 0 unspecified atom stereocenters. The van der Waals surface area contributed by atoms with Gasteiger partial charge in [-0.05, 0) is 66.1 Å². The number of amides is 1. The minimum absolute atomic E-state index is 0.0818. The Morgan fingerprint density at radius 3 is 2.64 bits per heavy atom. The molecular formula is C26H27ClN2O3S. The molecule has 1 heterocycles. The fraction of sp³-hybridized carbons (Fsp3) is 0.269. The van der Waals surface area contributed by atoms with Gasteiger partial charge < -0.3 is 19.7 Å². The summed E-state index contributed by atoms with van der Waals surface area (Å²) in [6, 6.07) is 19.6. The maximum atomic E-state index is 12.9. The first kappa shape index (κ1) is 23.3. The number of ether oxygens (including phenoxy) is 2. The molecule has 7 heteroatoms. The van der Waals surface area contributed by atoms with E-state index in [1.54, 1.807) is 14.2 Å². The molecule has 33 heavy (non-hydrogen) atoms. The smallest absolute Gasteiger partial charge is 0.251 e. The van der Waals surface area contributed by atoms with E-state index < -0.39 is 0 Å². The maximum Gasteiger partial charge on any atom is 0.251 e. The summed E-state index contributed by atoms with van der Waals surface area (Å²) in [5.41, 5.74) is 3.95. The van der Waals surface area contributed by atoms with Crippen LogP contribution in [0, 0.1) is 0 Å². The van der Waals surface area contributed by atoms with Crippen LogP contribution in [0.25, 0.3) is 0 Å². The zero-order chi connectivity index (χ0) is 23.2. The fourth-order valence-corrected chi connectivity index (χ4v) is 5.04. The molecule has 172 valence electrons. The SMILES string of the molecule is COc1ccc(OC)c(CCNC(=O)c2ccc3c(c2)N(Cc2ccc(Cl)cc2)CCS3)c1. The van der Waals surface area contributed by atoms with Gasteiger partial charge in [-0.25, -0.2) is 0 Å². The van der Waals surface area contributed by atoms with Crippen molar-refractivity contribution >= 4 is 35.0 Å². The van der Waals surface area contributed by atoms with Crippen LogP contribution in [0.3, 0.4) is 0 Å². The summed E-state index contributed by atoms with van der Waals surface area (Å²) >= 11 is 7.86. The number of rotatable bonds is 8. The van der Waals surface area contributed by atoms with Crippen LogP contribution in [0.5, 0.6) is 11.5 Å². The summed E-state index contributed by atoms with van der Waals surface area (Å²) in [4.78, 5) is 16.4. The van der Waals surface area contributed by atoms with Gasteiger partial charge in [-0.2, -0.15) is 0 Å². The molecule has 3 aromatic carbocycles. The summed E-state index contributed by atoms with van der Waals surface area (Å²) < 4.78 is 10.7. The first-order valence-corrected chi connectivity index (χ1v) is 12.2. The van der Waals surface area contributed by atoms with Crippen molar-refractivity contribution in [2.24, 2.45) is 0 Å². The topological polar surface area (TPSA) is 50.8 Å². The molecule has 5 nitrogen and oxygen atoms in total. The van der Waals surface area contributed by atoms with Gasteiger partial charge in [0, 0.05) is 40.9 Å². The molecule has 1 N–H and O–H groups in total. The lowest BCUT2D eigenvalue weighted by atomic mass is 10.1. The van der Waals surface area contributed by atoms with E-state index in [0.29, 0.717) is 18.5 Å². The molecule has 0 atom stereocenters. The van der Waals surface area contributed by atoms with Crippen LogP contribution < -0.4 is 19.7 Å². The lowest BCUT2D eigenvalue weighted by molar-refractivity contribution is 0.0954. The number of thioether (sulfide) groups is 1. The van der Waals surface area contributed by atoms with Gasteiger partial charge in [-0.15, -0.1) is 11.8 Å². The van der Waals surface area contributed by atoms with E-state index >= 15 is 0 Å². The van der Waals surface area contributed by atoms with Crippen molar-refractivity contribution in [3.8, 4) is 11.5 Å². The molecule has 0 bridgehead atoms. The third-order valence-corrected chi connectivity index (χ3v) is 6.93. The highest BCUT2D eigenvalue weighted by molar-refractivity contribution is 7.99. The number of benzene rings is 3. The average Bonchev–Trinajstić information content (AvgIpc) is 2.85. The number of halogens is 1. The summed E-state index contributed by atoms with van der Waals surface area (Å²) in [6.45, 7) is 2.22. The predicted octanol–water partition coefficient (Wildman–Crippen LogP) is 5.44. The molecule has 0 saturated carbocycles. The molecule has 0 aromatic heterocycles. The number of nitrogens with zero attached hydrogens (tertiary/aromatic N) is 1. The zero-order valence-corrected chi connectivity index (χ0v) is 20.3. The van der Waals surface area contributed by atoms with Gasteiger partial charge in [0.05, 0.1) is 19.9 Å². The molecular weight excluding hydrogens is 456 g/mol. The number of carbonyl (C=O) groups is 1. The zero-order valence-electron chi connectivity index (χ0n) is 18.8. The Labute approximate surface area is 204 Å². The van der Waals surface area contributed by atoms with E-state index in [1.165, 1.54) is 10.5 Å². The standard InChI is InChI=1S/C26H27ClN2O3S/c1-31-22-8-9-24(32-2)19(15-22)11-12-28-26(30)20-5-10-25-23(16-20)29(13-14-33-25)17-18-3-6-21(27)7-4-18/h3-10,15-16H,11-14,17H2,1-2H3,(H,28,30). The number of fused-ring (bicyclic) bond motifs is 1. The first-order valence-electron chi connectivity index (χ1n) is 10.8. The number of anilines is 1. The molecule has 1 amide bonds. The highest BCUT2D eigenvalue weighted by atomic mass is 35.5. The monoisotopic (exact) mass is 482 g/mol. The van der Waals surface area contributed by atoms with Crippen molar-refractivity contribution in [3.05, 3.63) is 82.4 Å². The second-order valence-corrected chi connectivity index (χ2v) is 9.34. The fourth-order valence-electron chi connectivity index (χ4n) is 3.88. The van der Waals surface area contributed by atoms with Crippen molar-refractivity contribution in [3.63, 3.8) is 0 Å². The molecule has 1 aliphatic heterocycles. The number of nitrogens with one attached hydrogen (secondary N) is 1. The molecule has 0 fully saturated rings. The second kappa shape index (κ2) is 10.9. The van der Waals surface area contributed by atoms with Crippen LogP contribution in [0.1, 0.15) is 21.5 Å². The number of hydrogen-bond donors (Lipinski definition) is 1. The van der Waals surface area contributed by atoms with E-state index in [2.05, 4.69) is 10.2 Å². The normalized spacial score (nSPS) is 12.8. The van der Waals surface area contributed by atoms with Crippen LogP contribution in [0.2, 0.25) is 5.02 Å². The Morgan fingerprint density at radius 2 is 1.88 bits per heavy atom. The Kier molecular flexibility index (Phi) is 7.68. The van der Waals surface area contributed by atoms with E-state index in [4.69, 9.17) is 21.1 Å². The van der Waals surface area contributed by atoms with Crippen molar-refractivity contribution in [1.82, 2.24) is 5.32 Å². The largest absolute Gasteiger partial charge is 0.497 e. The average molecular weight is 483 g/mol. The molecule has 0 saturated heterocycles. The predicted molar refractivity (Wildman–Crippen MR) is 135 cm³/mol. The molecule has 0 aliphatic carbocycles. The van der Waals surface area contributed by atoms with Crippen molar-refractivity contribution < 1.29 is 14.3 Å². The number of methoxy groups -OCH3 is 2. The van der Waals surface area contributed by atoms with Gasteiger partial charge in [-0.3, -0.25) is 4.79 Å².